The number of hydrogen-bond donors (Lipinski definition) is 2. The van der Waals surface area contributed by atoms with E-state index in [4.69, 9.17) is 34.0 Å². The van der Waals surface area contributed by atoms with Gasteiger partial charge < -0.3 is 10.8 Å². The van der Waals surface area contributed by atoms with Gasteiger partial charge >= 0.3 is 5.97 Å². The van der Waals surface area contributed by atoms with Crippen LogP contribution in [-0.2, 0) is 4.79 Å². The molecule has 0 unspecified atom stereocenters. The monoisotopic (exact) mass is 261 g/mol. The van der Waals surface area contributed by atoms with Crippen molar-refractivity contribution >= 4 is 35.0 Å². The molecule has 0 bridgehead atoms. The Hall–Kier alpha value is -1.10. The molecule has 0 aliphatic heterocycles. The Morgan fingerprint density at radius 2 is 2.00 bits per heavy atom. The number of nitrogens with two attached hydrogens (primary N) is 1. The van der Waals surface area contributed by atoms with Crippen molar-refractivity contribution in [2.75, 3.05) is 0 Å². The number of rotatable bonds is 4. The van der Waals surface area contributed by atoms with Gasteiger partial charge in [0.2, 0.25) is 0 Å². The molecule has 0 aliphatic rings. The molecule has 16 heavy (non-hydrogen) atoms. The zero-order valence-corrected chi connectivity index (χ0v) is 9.63. The molecule has 0 amide bonds. The molecule has 86 valence electrons. The zero-order chi connectivity index (χ0) is 12.3. The van der Waals surface area contributed by atoms with Gasteiger partial charge in [-0.15, -0.1) is 0 Å². The van der Waals surface area contributed by atoms with Crippen molar-refractivity contribution in [1.29, 1.82) is 0 Å². The van der Waals surface area contributed by atoms with Crippen LogP contribution in [0.1, 0.15) is 16.8 Å². The van der Waals surface area contributed by atoms with Crippen LogP contribution < -0.4 is 5.73 Å². The maximum absolute atomic E-state index is 11.6. The average molecular weight is 262 g/mol. The lowest BCUT2D eigenvalue weighted by atomic mass is 10.0. The van der Waals surface area contributed by atoms with Crippen LogP contribution >= 0.6 is 23.2 Å². The average Bonchev–Trinajstić information content (AvgIpc) is 2.21. The second kappa shape index (κ2) is 5.30. The molecule has 0 saturated carbocycles. The topological polar surface area (TPSA) is 80.4 Å². The van der Waals surface area contributed by atoms with Crippen LogP contribution in [0.5, 0.6) is 0 Å². The van der Waals surface area contributed by atoms with Gasteiger partial charge in [-0.3, -0.25) is 9.59 Å². The first-order valence-corrected chi connectivity index (χ1v) is 5.14. The summed E-state index contributed by atoms with van der Waals surface area (Å²) < 4.78 is 0. The summed E-state index contributed by atoms with van der Waals surface area (Å²) >= 11 is 11.5. The molecule has 1 aromatic carbocycles. The molecule has 0 saturated heterocycles. The molecule has 3 N–H and O–H groups in total. The van der Waals surface area contributed by atoms with Gasteiger partial charge in [-0.25, -0.2) is 0 Å². The quantitative estimate of drug-likeness (QED) is 0.813. The van der Waals surface area contributed by atoms with Gasteiger partial charge in [0.1, 0.15) is 6.04 Å². The van der Waals surface area contributed by atoms with Gasteiger partial charge in [-0.2, -0.15) is 0 Å². The zero-order valence-electron chi connectivity index (χ0n) is 8.11. The summed E-state index contributed by atoms with van der Waals surface area (Å²) in [5.41, 5.74) is 5.43. The van der Waals surface area contributed by atoms with Gasteiger partial charge in [0.15, 0.2) is 5.78 Å². The molecule has 1 aromatic rings. The van der Waals surface area contributed by atoms with Gasteiger partial charge in [-0.1, -0.05) is 23.2 Å². The number of aliphatic carboxylic acids is 1. The summed E-state index contributed by atoms with van der Waals surface area (Å²) in [6.07, 6.45) is -0.310. The molecule has 0 spiro atoms. The molecule has 1 atom stereocenters. The minimum Gasteiger partial charge on any atom is -0.480 e. The molecular weight excluding hydrogens is 253 g/mol. The van der Waals surface area contributed by atoms with Crippen molar-refractivity contribution in [3.8, 4) is 0 Å². The Morgan fingerprint density at radius 1 is 1.38 bits per heavy atom. The SMILES string of the molecule is N[C@@H](CC(=O)c1cc(Cl)ccc1Cl)C(=O)O. The Bertz CT molecular complexity index is 434. The Labute approximate surface area is 102 Å². The summed E-state index contributed by atoms with van der Waals surface area (Å²) in [5.74, 6) is -1.67. The van der Waals surface area contributed by atoms with E-state index in [0.29, 0.717) is 5.02 Å². The minimum atomic E-state index is -1.23. The largest absolute Gasteiger partial charge is 0.480 e. The van der Waals surface area contributed by atoms with E-state index in [0.717, 1.165) is 0 Å². The highest BCUT2D eigenvalue weighted by atomic mass is 35.5. The maximum atomic E-state index is 11.6. The molecule has 6 heteroatoms. The first-order chi connectivity index (χ1) is 7.41. The maximum Gasteiger partial charge on any atom is 0.320 e. The van der Waals surface area contributed by atoms with E-state index in [1.54, 1.807) is 0 Å². The third-order valence-corrected chi connectivity index (χ3v) is 2.52. The van der Waals surface area contributed by atoms with E-state index in [-0.39, 0.29) is 17.0 Å². The van der Waals surface area contributed by atoms with Crippen LogP contribution in [-0.4, -0.2) is 22.9 Å². The fraction of sp³-hybridized carbons (Fsp3) is 0.200. The smallest absolute Gasteiger partial charge is 0.320 e. The van der Waals surface area contributed by atoms with Gasteiger partial charge in [-0.05, 0) is 18.2 Å². The van der Waals surface area contributed by atoms with E-state index < -0.39 is 17.8 Å². The third-order valence-electron chi connectivity index (χ3n) is 1.95. The molecule has 0 radical (unpaired) electrons. The normalized spacial score (nSPS) is 12.2. The Morgan fingerprint density at radius 3 is 2.56 bits per heavy atom. The van der Waals surface area contributed by atoms with Crippen LogP contribution in [0.3, 0.4) is 0 Å². The van der Waals surface area contributed by atoms with Crippen molar-refractivity contribution < 1.29 is 14.7 Å². The van der Waals surface area contributed by atoms with Crippen LogP contribution in [0.15, 0.2) is 18.2 Å². The Balaban J connectivity index is 2.88. The van der Waals surface area contributed by atoms with E-state index in [9.17, 15) is 9.59 Å². The summed E-state index contributed by atoms with van der Waals surface area (Å²) in [6, 6.07) is 3.17. The van der Waals surface area contributed by atoms with Crippen molar-refractivity contribution in [3.63, 3.8) is 0 Å². The molecule has 0 aliphatic carbocycles. The number of Topliss-reactive ketones (excluding diaryl/α,β-unsaturated/α-hetero) is 1. The summed E-state index contributed by atoms with van der Waals surface area (Å²) in [4.78, 5) is 22.1. The lowest BCUT2D eigenvalue weighted by molar-refractivity contribution is -0.138. The van der Waals surface area contributed by atoms with E-state index in [1.807, 2.05) is 0 Å². The standard InChI is InChI=1S/C10H9Cl2NO3/c11-5-1-2-7(12)6(3-5)9(14)4-8(13)10(15)16/h1-3,8H,4,13H2,(H,15,16)/t8-/m0/s1. The Kier molecular flexibility index (Phi) is 4.29. The van der Waals surface area contributed by atoms with Gasteiger partial charge in [0, 0.05) is 17.0 Å². The van der Waals surface area contributed by atoms with Crippen molar-refractivity contribution in [2.24, 2.45) is 5.73 Å². The molecule has 1 rings (SSSR count). The number of halogens is 2. The minimum absolute atomic E-state index is 0.186. The van der Waals surface area contributed by atoms with Crippen LogP contribution in [0, 0.1) is 0 Å². The van der Waals surface area contributed by atoms with Crippen molar-refractivity contribution in [1.82, 2.24) is 0 Å². The predicted octanol–water partition coefficient (Wildman–Crippen LogP) is 1.98. The molecule has 0 fully saturated rings. The summed E-state index contributed by atoms with van der Waals surface area (Å²) in [5, 5.41) is 9.15. The predicted molar refractivity (Wildman–Crippen MR) is 61.0 cm³/mol. The van der Waals surface area contributed by atoms with E-state index in [1.165, 1.54) is 18.2 Å². The lowest BCUT2D eigenvalue weighted by Crippen LogP contribution is -2.32. The first kappa shape index (κ1) is 13.0. The highest BCUT2D eigenvalue weighted by Crippen LogP contribution is 2.22. The molecule has 4 nitrogen and oxygen atoms in total. The van der Waals surface area contributed by atoms with E-state index >= 15 is 0 Å². The number of carbonyl (C=O) groups excluding carboxylic acids is 1. The van der Waals surface area contributed by atoms with Crippen LogP contribution in [0.2, 0.25) is 10.0 Å². The van der Waals surface area contributed by atoms with Gasteiger partial charge in [0.25, 0.3) is 0 Å². The highest BCUT2D eigenvalue weighted by molar-refractivity contribution is 6.35. The molecule has 0 aromatic heterocycles. The lowest BCUT2D eigenvalue weighted by Gasteiger charge is -2.07. The summed E-state index contributed by atoms with van der Waals surface area (Å²) in [6.45, 7) is 0. The fourth-order valence-electron chi connectivity index (χ4n) is 1.11. The fourth-order valence-corrected chi connectivity index (χ4v) is 1.50. The number of hydrogen-bond acceptors (Lipinski definition) is 3. The van der Waals surface area contributed by atoms with Gasteiger partial charge in [0.05, 0.1) is 5.02 Å². The molecular formula is C10H9Cl2NO3. The second-order valence-corrected chi connectivity index (χ2v) is 4.04. The van der Waals surface area contributed by atoms with E-state index in [2.05, 4.69) is 0 Å². The number of ketones is 1. The third kappa shape index (κ3) is 3.20. The highest BCUT2D eigenvalue weighted by Gasteiger charge is 2.19. The number of carboxylic acid groups (broad SMARTS) is 1. The summed E-state index contributed by atoms with van der Waals surface area (Å²) in [7, 11) is 0. The number of carbonyl (C=O) groups is 2. The van der Waals surface area contributed by atoms with Crippen LogP contribution in [0.4, 0.5) is 0 Å². The van der Waals surface area contributed by atoms with Crippen molar-refractivity contribution in [3.05, 3.63) is 33.8 Å². The molecule has 0 heterocycles. The number of benzene rings is 1. The first-order valence-electron chi connectivity index (χ1n) is 4.38. The number of carboxylic acids is 1. The second-order valence-electron chi connectivity index (χ2n) is 3.20. The van der Waals surface area contributed by atoms with Crippen molar-refractivity contribution in [2.45, 2.75) is 12.5 Å². The van der Waals surface area contributed by atoms with Crippen LogP contribution in [0.25, 0.3) is 0 Å².